The fraction of sp³-hybridized carbons (Fsp3) is 0.240. The molecule has 2 aromatic heterocycles. The summed E-state index contributed by atoms with van der Waals surface area (Å²) < 4.78 is 0. The maximum absolute atomic E-state index is 11.6. The molecule has 0 saturated carbocycles. The van der Waals surface area contributed by atoms with Crippen molar-refractivity contribution in [2.24, 2.45) is 0 Å². The van der Waals surface area contributed by atoms with E-state index in [0.29, 0.717) is 28.9 Å². The highest BCUT2D eigenvalue weighted by atomic mass is 32.1. The molecule has 2 heterocycles. The Hall–Kier alpha value is -2.93. The van der Waals surface area contributed by atoms with E-state index in [1.807, 2.05) is 0 Å². The number of fused-ring (bicyclic) bond motifs is 2. The molecule has 0 fully saturated rings. The zero-order chi connectivity index (χ0) is 21.5. The molecule has 0 radical (unpaired) electrons. The molecule has 4 aromatic rings. The van der Waals surface area contributed by atoms with E-state index in [1.54, 1.807) is 23.5 Å². The maximum Gasteiger partial charge on any atom is 0.248 e. The summed E-state index contributed by atoms with van der Waals surface area (Å²) in [5, 5.41) is 27.2. The standard InChI is InChI=1S/C25H24N2O3S/c1-14-17-5-4-15(23-3-2-10-31-23)11-16(17)12-20(14)26-13-22(29)18-6-8-21(28)25-19(18)7-9-24(30)27-25/h2-11,14,20,22,26,28-29H,12-13H2,1H3,(H,27,30)/t14?,20?,22-/m0/s1. The van der Waals surface area contributed by atoms with Crippen molar-refractivity contribution in [2.75, 3.05) is 6.54 Å². The lowest BCUT2D eigenvalue weighted by Crippen LogP contribution is -2.35. The first-order valence-corrected chi connectivity index (χ1v) is 11.3. The number of aromatic hydroxyl groups is 1. The number of aliphatic hydroxyl groups is 1. The monoisotopic (exact) mass is 432 g/mol. The minimum Gasteiger partial charge on any atom is -0.506 e. The summed E-state index contributed by atoms with van der Waals surface area (Å²) in [6, 6.07) is 17.5. The number of thiophene rings is 1. The number of aliphatic hydroxyl groups excluding tert-OH is 1. The molecular formula is C25H24N2O3S. The van der Waals surface area contributed by atoms with E-state index in [0.717, 1.165) is 6.42 Å². The molecule has 3 atom stereocenters. The molecular weight excluding hydrogens is 408 g/mol. The van der Waals surface area contributed by atoms with Crippen LogP contribution in [-0.2, 0) is 6.42 Å². The van der Waals surface area contributed by atoms with Crippen LogP contribution in [0.1, 0.15) is 35.6 Å². The van der Waals surface area contributed by atoms with Crippen molar-refractivity contribution in [3.05, 3.63) is 87.0 Å². The molecule has 5 nitrogen and oxygen atoms in total. The molecule has 0 bridgehead atoms. The normalized spacial score (nSPS) is 18.9. The van der Waals surface area contributed by atoms with Gasteiger partial charge in [0.05, 0.1) is 11.6 Å². The number of phenolic OH excluding ortho intramolecular Hbond substituents is 1. The molecule has 0 aliphatic heterocycles. The molecule has 0 spiro atoms. The maximum atomic E-state index is 11.6. The number of benzene rings is 2. The van der Waals surface area contributed by atoms with Gasteiger partial charge in [0.2, 0.25) is 5.56 Å². The van der Waals surface area contributed by atoms with Gasteiger partial charge in [-0.2, -0.15) is 0 Å². The van der Waals surface area contributed by atoms with Gasteiger partial charge in [0, 0.05) is 28.9 Å². The molecule has 2 unspecified atom stereocenters. The van der Waals surface area contributed by atoms with Crippen LogP contribution >= 0.6 is 11.3 Å². The van der Waals surface area contributed by atoms with Gasteiger partial charge >= 0.3 is 0 Å². The molecule has 1 aliphatic carbocycles. The van der Waals surface area contributed by atoms with Gasteiger partial charge in [-0.05, 0) is 64.2 Å². The van der Waals surface area contributed by atoms with Crippen LogP contribution in [0.25, 0.3) is 21.3 Å². The first-order chi connectivity index (χ1) is 15.0. The third-order valence-electron chi connectivity index (χ3n) is 6.32. The Kier molecular flexibility index (Phi) is 5.14. The minimum atomic E-state index is -0.758. The van der Waals surface area contributed by atoms with Crippen LogP contribution in [0.15, 0.2) is 64.8 Å². The van der Waals surface area contributed by atoms with Crippen LogP contribution in [-0.4, -0.2) is 27.8 Å². The van der Waals surface area contributed by atoms with Gasteiger partial charge in [-0.1, -0.05) is 31.2 Å². The van der Waals surface area contributed by atoms with Crippen LogP contribution in [0.5, 0.6) is 5.75 Å². The van der Waals surface area contributed by atoms with Crippen molar-refractivity contribution < 1.29 is 10.2 Å². The molecule has 31 heavy (non-hydrogen) atoms. The summed E-state index contributed by atoms with van der Waals surface area (Å²) in [7, 11) is 0. The third kappa shape index (κ3) is 3.67. The number of hydrogen-bond donors (Lipinski definition) is 4. The number of nitrogens with one attached hydrogen (secondary N) is 2. The van der Waals surface area contributed by atoms with Crippen molar-refractivity contribution in [1.29, 1.82) is 0 Å². The van der Waals surface area contributed by atoms with Gasteiger partial charge in [0.1, 0.15) is 5.75 Å². The number of aromatic amines is 1. The van der Waals surface area contributed by atoms with E-state index in [9.17, 15) is 15.0 Å². The summed E-state index contributed by atoms with van der Waals surface area (Å²) in [4.78, 5) is 15.5. The van der Waals surface area contributed by atoms with E-state index < -0.39 is 6.10 Å². The Labute approximate surface area is 184 Å². The topological polar surface area (TPSA) is 85.3 Å². The van der Waals surface area contributed by atoms with Crippen molar-refractivity contribution >= 4 is 22.2 Å². The van der Waals surface area contributed by atoms with E-state index in [1.165, 1.54) is 33.7 Å². The highest BCUT2D eigenvalue weighted by Gasteiger charge is 2.29. The summed E-state index contributed by atoms with van der Waals surface area (Å²) in [6.07, 6.45) is 0.165. The molecule has 0 saturated heterocycles. The van der Waals surface area contributed by atoms with Gasteiger partial charge in [-0.25, -0.2) is 0 Å². The van der Waals surface area contributed by atoms with Crippen LogP contribution in [0, 0.1) is 0 Å². The first kappa shape index (κ1) is 20.0. The Morgan fingerprint density at radius 1 is 1.19 bits per heavy atom. The number of H-pyrrole nitrogens is 1. The lowest BCUT2D eigenvalue weighted by Gasteiger charge is -2.21. The Morgan fingerprint density at radius 2 is 2.06 bits per heavy atom. The van der Waals surface area contributed by atoms with Gasteiger partial charge in [-0.15, -0.1) is 11.3 Å². The highest BCUT2D eigenvalue weighted by molar-refractivity contribution is 7.13. The van der Waals surface area contributed by atoms with Crippen molar-refractivity contribution in [1.82, 2.24) is 10.3 Å². The van der Waals surface area contributed by atoms with Gasteiger partial charge < -0.3 is 20.5 Å². The van der Waals surface area contributed by atoms with Crippen LogP contribution in [0.3, 0.4) is 0 Å². The second kappa shape index (κ2) is 7.96. The molecule has 5 rings (SSSR count). The lowest BCUT2D eigenvalue weighted by molar-refractivity contribution is 0.170. The number of rotatable bonds is 5. The molecule has 4 N–H and O–H groups in total. The zero-order valence-electron chi connectivity index (χ0n) is 17.1. The predicted octanol–water partition coefficient (Wildman–Crippen LogP) is 4.31. The number of aromatic nitrogens is 1. The number of pyridine rings is 1. The van der Waals surface area contributed by atoms with Crippen molar-refractivity contribution in [3.8, 4) is 16.2 Å². The molecule has 6 heteroatoms. The second-order valence-corrected chi connectivity index (χ2v) is 9.15. The van der Waals surface area contributed by atoms with Crippen LogP contribution < -0.4 is 10.9 Å². The molecule has 1 aliphatic rings. The quantitative estimate of drug-likeness (QED) is 0.379. The van der Waals surface area contributed by atoms with Crippen LogP contribution in [0.4, 0.5) is 0 Å². The molecule has 0 amide bonds. The van der Waals surface area contributed by atoms with E-state index >= 15 is 0 Å². The van der Waals surface area contributed by atoms with Gasteiger partial charge in [0.15, 0.2) is 0 Å². The third-order valence-corrected chi connectivity index (χ3v) is 7.24. The minimum absolute atomic E-state index is 0.00183. The van der Waals surface area contributed by atoms with Gasteiger partial charge in [-0.3, -0.25) is 4.79 Å². The summed E-state index contributed by atoms with van der Waals surface area (Å²) in [6.45, 7) is 2.61. The van der Waals surface area contributed by atoms with E-state index in [4.69, 9.17) is 0 Å². The van der Waals surface area contributed by atoms with Crippen LogP contribution in [0.2, 0.25) is 0 Å². The average Bonchev–Trinajstić information content (AvgIpc) is 3.41. The van der Waals surface area contributed by atoms with E-state index in [-0.39, 0.29) is 17.4 Å². The lowest BCUT2D eigenvalue weighted by atomic mass is 9.98. The Bertz CT molecular complexity index is 1300. The second-order valence-electron chi connectivity index (χ2n) is 8.20. The first-order valence-electron chi connectivity index (χ1n) is 10.4. The Morgan fingerprint density at radius 3 is 2.87 bits per heavy atom. The fourth-order valence-electron chi connectivity index (χ4n) is 4.62. The van der Waals surface area contributed by atoms with Crippen molar-refractivity contribution in [2.45, 2.75) is 31.4 Å². The summed E-state index contributed by atoms with van der Waals surface area (Å²) in [5.41, 5.74) is 4.72. The average molecular weight is 433 g/mol. The highest BCUT2D eigenvalue weighted by Crippen LogP contribution is 2.37. The smallest absolute Gasteiger partial charge is 0.248 e. The van der Waals surface area contributed by atoms with Crippen molar-refractivity contribution in [3.63, 3.8) is 0 Å². The SMILES string of the molecule is CC1c2ccc(-c3cccs3)cc2CC1NC[C@H](O)c1ccc(O)c2[nH]c(=O)ccc12. The molecule has 2 aromatic carbocycles. The van der Waals surface area contributed by atoms with E-state index in [2.05, 4.69) is 52.9 Å². The molecule has 158 valence electrons. The summed E-state index contributed by atoms with van der Waals surface area (Å²) >= 11 is 1.75. The fourth-order valence-corrected chi connectivity index (χ4v) is 5.35. The van der Waals surface area contributed by atoms with Gasteiger partial charge in [0.25, 0.3) is 0 Å². The predicted molar refractivity (Wildman–Crippen MR) is 125 cm³/mol. The zero-order valence-corrected chi connectivity index (χ0v) is 17.9. The summed E-state index contributed by atoms with van der Waals surface area (Å²) in [5.74, 6) is 0.352. The largest absolute Gasteiger partial charge is 0.506 e. The Balaban J connectivity index is 1.33. The number of phenols is 1. The number of hydrogen-bond acceptors (Lipinski definition) is 5.